The summed E-state index contributed by atoms with van der Waals surface area (Å²) in [6.45, 7) is 2.84. The standard InChI is InChI=1S/C16H20N2O3/c1-2-4-14-17-13-6-3-5-12(16(20)21)15(13)18(14)9-10-7-11(19)8-10/h3,5-6,10-11,19H,2,4,7-9H2,1H3,(H,20,21). The summed E-state index contributed by atoms with van der Waals surface area (Å²) in [4.78, 5) is 16.1. The van der Waals surface area contributed by atoms with Gasteiger partial charge in [0.2, 0.25) is 0 Å². The minimum absolute atomic E-state index is 0.196. The van der Waals surface area contributed by atoms with Crippen molar-refractivity contribution in [3.8, 4) is 0 Å². The lowest BCUT2D eigenvalue weighted by Gasteiger charge is -2.32. The molecular formula is C16H20N2O3. The molecule has 0 spiro atoms. The number of carboxylic acids is 1. The van der Waals surface area contributed by atoms with E-state index in [1.807, 2.05) is 6.07 Å². The Bertz CT molecular complexity index is 671. The second-order valence-corrected chi connectivity index (χ2v) is 5.86. The van der Waals surface area contributed by atoms with Crippen LogP contribution in [0.3, 0.4) is 0 Å². The maximum Gasteiger partial charge on any atom is 0.337 e. The molecule has 0 radical (unpaired) electrons. The molecular weight excluding hydrogens is 268 g/mol. The van der Waals surface area contributed by atoms with Crippen LogP contribution < -0.4 is 0 Å². The van der Waals surface area contributed by atoms with Crippen molar-refractivity contribution in [1.82, 2.24) is 9.55 Å². The van der Waals surface area contributed by atoms with Crippen molar-refractivity contribution >= 4 is 17.0 Å². The average molecular weight is 288 g/mol. The molecule has 0 saturated heterocycles. The van der Waals surface area contributed by atoms with Gasteiger partial charge in [-0.05, 0) is 37.3 Å². The Hall–Kier alpha value is -1.88. The quantitative estimate of drug-likeness (QED) is 0.886. The molecule has 1 fully saturated rings. The smallest absolute Gasteiger partial charge is 0.337 e. The number of aliphatic hydroxyl groups excluding tert-OH is 1. The summed E-state index contributed by atoms with van der Waals surface area (Å²) in [6, 6.07) is 5.24. The fourth-order valence-electron chi connectivity index (χ4n) is 3.13. The normalized spacial score (nSPS) is 21.4. The van der Waals surface area contributed by atoms with Crippen molar-refractivity contribution < 1.29 is 15.0 Å². The van der Waals surface area contributed by atoms with E-state index in [9.17, 15) is 15.0 Å². The Labute approximate surface area is 123 Å². The third-order valence-corrected chi connectivity index (χ3v) is 4.20. The van der Waals surface area contributed by atoms with Crippen molar-refractivity contribution in [2.45, 2.75) is 45.3 Å². The van der Waals surface area contributed by atoms with Crippen LogP contribution in [0.25, 0.3) is 11.0 Å². The minimum Gasteiger partial charge on any atom is -0.478 e. The van der Waals surface area contributed by atoms with Crippen LogP contribution in [0.5, 0.6) is 0 Å². The van der Waals surface area contributed by atoms with E-state index < -0.39 is 5.97 Å². The summed E-state index contributed by atoms with van der Waals surface area (Å²) in [5, 5.41) is 18.9. The van der Waals surface area contributed by atoms with Crippen LogP contribution in [-0.2, 0) is 13.0 Å². The minimum atomic E-state index is -0.918. The Morgan fingerprint density at radius 3 is 2.81 bits per heavy atom. The van der Waals surface area contributed by atoms with Gasteiger partial charge in [-0.2, -0.15) is 0 Å². The Morgan fingerprint density at radius 1 is 1.43 bits per heavy atom. The van der Waals surface area contributed by atoms with Gasteiger partial charge in [0.05, 0.1) is 22.7 Å². The second-order valence-electron chi connectivity index (χ2n) is 5.86. The molecule has 1 heterocycles. The third-order valence-electron chi connectivity index (χ3n) is 4.20. The Balaban J connectivity index is 2.08. The summed E-state index contributed by atoms with van der Waals surface area (Å²) in [5.74, 6) is 0.441. The molecule has 0 unspecified atom stereocenters. The zero-order chi connectivity index (χ0) is 15.0. The van der Waals surface area contributed by atoms with Crippen molar-refractivity contribution in [2.24, 2.45) is 5.92 Å². The average Bonchev–Trinajstić information content (AvgIpc) is 2.75. The number of imidazole rings is 1. The molecule has 3 rings (SSSR count). The number of nitrogens with zero attached hydrogens (tertiary/aromatic N) is 2. The van der Waals surface area contributed by atoms with E-state index in [1.54, 1.807) is 12.1 Å². The fraction of sp³-hybridized carbons (Fsp3) is 0.500. The first-order chi connectivity index (χ1) is 10.1. The molecule has 1 aromatic heterocycles. The third kappa shape index (κ3) is 2.53. The molecule has 5 heteroatoms. The zero-order valence-electron chi connectivity index (χ0n) is 12.1. The highest BCUT2D eigenvalue weighted by Gasteiger charge is 2.29. The van der Waals surface area contributed by atoms with E-state index in [2.05, 4.69) is 16.5 Å². The first kappa shape index (κ1) is 14.1. The van der Waals surface area contributed by atoms with Crippen molar-refractivity contribution in [3.63, 3.8) is 0 Å². The number of aryl methyl sites for hydroxylation is 1. The molecule has 112 valence electrons. The van der Waals surface area contributed by atoms with Gasteiger partial charge in [0, 0.05) is 13.0 Å². The number of aromatic carboxylic acids is 1. The lowest BCUT2D eigenvalue weighted by molar-refractivity contribution is 0.0353. The van der Waals surface area contributed by atoms with E-state index in [4.69, 9.17) is 0 Å². The van der Waals surface area contributed by atoms with E-state index in [0.29, 0.717) is 11.5 Å². The van der Waals surface area contributed by atoms with Crippen molar-refractivity contribution in [2.75, 3.05) is 0 Å². The van der Waals surface area contributed by atoms with Crippen LogP contribution in [-0.4, -0.2) is 31.8 Å². The second kappa shape index (κ2) is 5.48. The number of fused-ring (bicyclic) bond motifs is 1. The van der Waals surface area contributed by atoms with Crippen molar-refractivity contribution in [1.29, 1.82) is 0 Å². The number of carbonyl (C=O) groups is 1. The van der Waals surface area contributed by atoms with Gasteiger partial charge >= 0.3 is 5.97 Å². The van der Waals surface area contributed by atoms with Crippen LogP contribution >= 0.6 is 0 Å². The predicted molar refractivity (Wildman–Crippen MR) is 79.4 cm³/mol. The maximum atomic E-state index is 11.5. The van der Waals surface area contributed by atoms with Crippen LogP contribution in [0.1, 0.15) is 42.4 Å². The molecule has 0 amide bonds. The molecule has 1 aliphatic carbocycles. The number of aromatic nitrogens is 2. The number of benzene rings is 1. The van der Waals surface area contributed by atoms with E-state index >= 15 is 0 Å². The van der Waals surface area contributed by atoms with Crippen molar-refractivity contribution in [3.05, 3.63) is 29.6 Å². The van der Waals surface area contributed by atoms with Gasteiger partial charge in [-0.1, -0.05) is 13.0 Å². The molecule has 0 atom stereocenters. The molecule has 2 aromatic rings. The summed E-state index contributed by atoms with van der Waals surface area (Å²) in [7, 11) is 0. The van der Waals surface area contributed by atoms with E-state index in [1.165, 1.54) is 0 Å². The van der Waals surface area contributed by atoms with Gasteiger partial charge in [0.15, 0.2) is 0 Å². The highest BCUT2D eigenvalue weighted by Crippen LogP contribution is 2.31. The van der Waals surface area contributed by atoms with Gasteiger partial charge in [-0.25, -0.2) is 9.78 Å². The lowest BCUT2D eigenvalue weighted by Crippen LogP contribution is -2.32. The highest BCUT2D eigenvalue weighted by atomic mass is 16.4. The highest BCUT2D eigenvalue weighted by molar-refractivity contribution is 6.01. The van der Waals surface area contributed by atoms with Crippen LogP contribution in [0.2, 0.25) is 0 Å². The molecule has 1 aliphatic rings. The number of aliphatic hydroxyl groups is 1. The largest absolute Gasteiger partial charge is 0.478 e. The maximum absolute atomic E-state index is 11.5. The monoisotopic (exact) mass is 288 g/mol. The van der Waals surface area contributed by atoms with E-state index in [0.717, 1.165) is 49.1 Å². The van der Waals surface area contributed by atoms with Crippen LogP contribution in [0.4, 0.5) is 0 Å². The summed E-state index contributed by atoms with van der Waals surface area (Å²) >= 11 is 0. The first-order valence-electron chi connectivity index (χ1n) is 7.49. The molecule has 0 aliphatic heterocycles. The first-order valence-corrected chi connectivity index (χ1v) is 7.49. The lowest BCUT2D eigenvalue weighted by atomic mass is 9.82. The Kier molecular flexibility index (Phi) is 3.68. The van der Waals surface area contributed by atoms with Gasteiger partial charge in [0.1, 0.15) is 5.82 Å². The summed E-state index contributed by atoms with van der Waals surface area (Å²) in [6.07, 6.45) is 3.20. The predicted octanol–water partition coefficient (Wildman–Crippen LogP) is 2.46. The molecule has 1 saturated carbocycles. The molecule has 5 nitrogen and oxygen atoms in total. The Morgan fingerprint density at radius 2 is 2.19 bits per heavy atom. The SMILES string of the molecule is CCCc1nc2cccc(C(=O)O)c2n1CC1CC(O)C1. The topological polar surface area (TPSA) is 75.3 Å². The number of rotatable bonds is 5. The van der Waals surface area contributed by atoms with Gasteiger partial charge in [-0.3, -0.25) is 0 Å². The van der Waals surface area contributed by atoms with Gasteiger partial charge < -0.3 is 14.8 Å². The van der Waals surface area contributed by atoms with Crippen LogP contribution in [0, 0.1) is 5.92 Å². The number of hydrogen-bond acceptors (Lipinski definition) is 3. The number of carboxylic acid groups (broad SMARTS) is 1. The summed E-state index contributed by atoms with van der Waals surface area (Å²) in [5.41, 5.74) is 1.77. The number of hydrogen-bond donors (Lipinski definition) is 2. The zero-order valence-corrected chi connectivity index (χ0v) is 12.1. The van der Waals surface area contributed by atoms with Gasteiger partial charge in [-0.15, -0.1) is 0 Å². The molecule has 2 N–H and O–H groups in total. The molecule has 0 bridgehead atoms. The molecule has 1 aromatic carbocycles. The van der Waals surface area contributed by atoms with E-state index in [-0.39, 0.29) is 6.10 Å². The summed E-state index contributed by atoms with van der Waals surface area (Å²) < 4.78 is 2.05. The molecule has 21 heavy (non-hydrogen) atoms. The van der Waals surface area contributed by atoms with Gasteiger partial charge in [0.25, 0.3) is 0 Å². The number of para-hydroxylation sites is 1. The van der Waals surface area contributed by atoms with Crippen LogP contribution in [0.15, 0.2) is 18.2 Å². The fourth-order valence-corrected chi connectivity index (χ4v) is 3.13.